The molecule has 1 saturated heterocycles. The lowest BCUT2D eigenvalue weighted by Crippen LogP contribution is -2.59. The van der Waals surface area contributed by atoms with E-state index in [0.29, 0.717) is 6.92 Å². The van der Waals surface area contributed by atoms with E-state index in [2.05, 4.69) is 27.8 Å². The van der Waals surface area contributed by atoms with Crippen molar-refractivity contribution in [2.24, 2.45) is 5.92 Å². The van der Waals surface area contributed by atoms with Gasteiger partial charge in [0, 0.05) is 37.6 Å². The van der Waals surface area contributed by atoms with Gasteiger partial charge in [-0.3, -0.25) is 10.1 Å². The minimum Gasteiger partial charge on any atom is -0.315 e. The summed E-state index contributed by atoms with van der Waals surface area (Å²) in [7, 11) is 1.39. The number of amides is 5. The average molecular weight is 420 g/mol. The highest BCUT2D eigenvalue weighted by Crippen LogP contribution is 2.44. The maximum absolute atomic E-state index is 15.0. The van der Waals surface area contributed by atoms with E-state index in [4.69, 9.17) is 0 Å². The van der Waals surface area contributed by atoms with Crippen molar-refractivity contribution in [1.29, 1.82) is 0 Å². The first kappa shape index (κ1) is 20.1. The summed E-state index contributed by atoms with van der Waals surface area (Å²) >= 11 is 0. The molecule has 2 atom stereocenters. The van der Waals surface area contributed by atoms with Gasteiger partial charge in [0.05, 0.1) is 0 Å². The fourth-order valence-electron chi connectivity index (χ4n) is 3.60. The monoisotopic (exact) mass is 420 g/mol. The van der Waals surface area contributed by atoms with E-state index in [9.17, 15) is 27.6 Å². The largest absolute Gasteiger partial charge is 0.324 e. The fourth-order valence-corrected chi connectivity index (χ4v) is 3.60. The van der Waals surface area contributed by atoms with Crippen molar-refractivity contribution in [3.63, 3.8) is 0 Å². The summed E-state index contributed by atoms with van der Waals surface area (Å²) in [5.41, 5.74) is -2.59. The zero-order chi connectivity index (χ0) is 21.8. The lowest BCUT2D eigenvalue weighted by Gasteiger charge is -2.40. The highest BCUT2D eigenvalue weighted by Gasteiger charge is 2.55. The summed E-state index contributed by atoms with van der Waals surface area (Å²) in [6.45, 7) is 0.624. The van der Waals surface area contributed by atoms with Gasteiger partial charge in [0.15, 0.2) is 5.54 Å². The number of urea groups is 2. The van der Waals surface area contributed by atoms with Crippen molar-refractivity contribution in [3.05, 3.63) is 29.1 Å². The number of nitrogens with one attached hydrogen (secondary N) is 3. The zero-order valence-electron chi connectivity index (χ0n) is 16.2. The minimum absolute atomic E-state index is 0.00104. The Morgan fingerprint density at radius 2 is 1.93 bits per heavy atom. The Hall–Kier alpha value is -3.22. The summed E-state index contributed by atoms with van der Waals surface area (Å²) in [5.74, 6) is 0.311. The molecule has 2 fully saturated rings. The molecule has 10 heteroatoms. The number of alkyl halides is 2. The van der Waals surface area contributed by atoms with E-state index in [1.165, 1.54) is 13.1 Å². The predicted molar refractivity (Wildman–Crippen MR) is 100 cm³/mol. The molecule has 1 unspecified atom stereocenters. The Labute approximate surface area is 170 Å². The molecule has 3 N–H and O–H groups in total. The van der Waals surface area contributed by atoms with Crippen LogP contribution in [0.25, 0.3) is 0 Å². The standard InChI is InChI=1S/C20H19F3N4O3/c1-19(22,23)20(6-5-10-3-4-10)12-9-13(21)11(7-14(12)24-17(29)26-20)8-15-16(28)25-18(30)27(15)2/h7,9-10,15H,3-4,8H2,1-2H3,(H2,24,26,29)(H,25,28,30)/t15?,20-/m0/s1. The molecule has 2 heterocycles. The van der Waals surface area contributed by atoms with Crippen LogP contribution in [-0.2, 0) is 16.8 Å². The molecule has 7 nitrogen and oxygen atoms in total. The molecule has 1 aromatic rings. The molecule has 4 rings (SSSR count). The minimum atomic E-state index is -3.51. The first-order valence-corrected chi connectivity index (χ1v) is 9.42. The predicted octanol–water partition coefficient (Wildman–Crippen LogP) is 2.32. The highest BCUT2D eigenvalue weighted by atomic mass is 19.3. The van der Waals surface area contributed by atoms with Crippen LogP contribution in [0.15, 0.2) is 12.1 Å². The van der Waals surface area contributed by atoms with Crippen molar-refractivity contribution in [3.8, 4) is 11.8 Å². The summed E-state index contributed by atoms with van der Waals surface area (Å²) in [4.78, 5) is 36.9. The summed E-state index contributed by atoms with van der Waals surface area (Å²) < 4.78 is 44.4. The van der Waals surface area contributed by atoms with Crippen molar-refractivity contribution in [2.45, 2.75) is 43.7 Å². The van der Waals surface area contributed by atoms with Gasteiger partial charge in [-0.2, -0.15) is 0 Å². The second-order valence-electron chi connectivity index (χ2n) is 7.88. The number of imide groups is 1. The maximum atomic E-state index is 15.0. The van der Waals surface area contributed by atoms with Crippen LogP contribution in [0, 0.1) is 23.6 Å². The van der Waals surface area contributed by atoms with Crippen LogP contribution in [0.5, 0.6) is 0 Å². The molecule has 1 aromatic carbocycles. The molecular weight excluding hydrogens is 401 g/mol. The van der Waals surface area contributed by atoms with Gasteiger partial charge in [-0.25, -0.2) is 22.8 Å². The van der Waals surface area contributed by atoms with Crippen LogP contribution in [0.3, 0.4) is 0 Å². The van der Waals surface area contributed by atoms with Crippen molar-refractivity contribution < 1.29 is 27.6 Å². The quantitative estimate of drug-likeness (QED) is 0.518. The highest BCUT2D eigenvalue weighted by molar-refractivity contribution is 6.04. The molecule has 0 radical (unpaired) electrons. The van der Waals surface area contributed by atoms with E-state index in [1.54, 1.807) is 0 Å². The molecule has 30 heavy (non-hydrogen) atoms. The van der Waals surface area contributed by atoms with Gasteiger partial charge in [-0.05, 0) is 30.5 Å². The fraction of sp³-hybridized carbons (Fsp3) is 0.450. The Bertz CT molecular complexity index is 1020. The Balaban J connectivity index is 1.78. The molecule has 1 saturated carbocycles. The van der Waals surface area contributed by atoms with Crippen molar-refractivity contribution in [2.75, 3.05) is 12.4 Å². The van der Waals surface area contributed by atoms with Crippen LogP contribution in [0.1, 0.15) is 30.9 Å². The number of fused-ring (bicyclic) bond motifs is 1. The molecule has 1 aliphatic carbocycles. The molecule has 0 aromatic heterocycles. The Kier molecular flexibility index (Phi) is 4.45. The van der Waals surface area contributed by atoms with E-state index in [-0.39, 0.29) is 29.2 Å². The maximum Gasteiger partial charge on any atom is 0.324 e. The summed E-state index contributed by atoms with van der Waals surface area (Å²) in [6, 6.07) is -0.329. The second-order valence-corrected chi connectivity index (χ2v) is 7.88. The molecular formula is C20H19F3N4O3. The van der Waals surface area contributed by atoms with E-state index in [1.807, 2.05) is 0 Å². The van der Waals surface area contributed by atoms with Gasteiger partial charge in [0.1, 0.15) is 11.9 Å². The van der Waals surface area contributed by atoms with Crippen LogP contribution in [0.4, 0.5) is 28.4 Å². The summed E-state index contributed by atoms with van der Waals surface area (Å²) in [6.07, 6.45) is 1.40. The number of nitrogens with zero attached hydrogens (tertiary/aromatic N) is 1. The lowest BCUT2D eigenvalue weighted by molar-refractivity contribution is -0.121. The first-order valence-electron chi connectivity index (χ1n) is 9.42. The van der Waals surface area contributed by atoms with Crippen molar-refractivity contribution >= 4 is 23.7 Å². The Morgan fingerprint density at radius 3 is 2.50 bits per heavy atom. The normalized spacial score (nSPS) is 25.7. The average Bonchev–Trinajstić information content (AvgIpc) is 3.43. The molecule has 0 bridgehead atoms. The lowest BCUT2D eigenvalue weighted by atomic mass is 9.81. The molecule has 2 aliphatic heterocycles. The number of rotatable bonds is 3. The first-order chi connectivity index (χ1) is 14.0. The van der Waals surface area contributed by atoms with E-state index in [0.717, 1.165) is 23.8 Å². The number of likely N-dealkylation sites (N-methyl/N-ethyl adjacent to an activating group) is 1. The SMILES string of the molecule is CN1C(=O)NC(=O)C1Cc1cc2c(cc1F)[C@@](C#CC1CC1)(C(C)(F)F)NC(=O)N2. The molecule has 158 valence electrons. The van der Waals surface area contributed by atoms with Gasteiger partial charge >= 0.3 is 12.1 Å². The number of hydrogen-bond donors (Lipinski definition) is 3. The third kappa shape index (κ3) is 3.24. The van der Waals surface area contributed by atoms with Gasteiger partial charge in [-0.1, -0.05) is 11.8 Å². The molecule has 0 spiro atoms. The van der Waals surface area contributed by atoms with E-state index >= 15 is 0 Å². The van der Waals surface area contributed by atoms with Gasteiger partial charge in [-0.15, -0.1) is 0 Å². The van der Waals surface area contributed by atoms with Gasteiger partial charge in [0.25, 0.3) is 11.8 Å². The number of anilines is 1. The number of carbonyl (C=O) groups excluding carboxylic acids is 3. The molecule has 3 aliphatic rings. The van der Waals surface area contributed by atoms with Gasteiger partial charge < -0.3 is 15.5 Å². The number of benzene rings is 1. The number of hydrogen-bond acceptors (Lipinski definition) is 3. The van der Waals surface area contributed by atoms with Crippen LogP contribution < -0.4 is 16.0 Å². The molecule has 5 amide bonds. The third-order valence-electron chi connectivity index (χ3n) is 5.57. The zero-order valence-corrected chi connectivity index (χ0v) is 16.2. The number of carbonyl (C=O) groups is 3. The van der Waals surface area contributed by atoms with Crippen molar-refractivity contribution in [1.82, 2.24) is 15.5 Å². The van der Waals surface area contributed by atoms with E-state index < -0.39 is 41.3 Å². The van der Waals surface area contributed by atoms with Crippen LogP contribution in [-0.4, -0.2) is 41.9 Å². The smallest absolute Gasteiger partial charge is 0.315 e. The number of halogens is 3. The second kappa shape index (κ2) is 6.65. The summed E-state index contributed by atoms with van der Waals surface area (Å²) in [5, 5.41) is 6.73. The third-order valence-corrected chi connectivity index (χ3v) is 5.57. The van der Waals surface area contributed by atoms with Gasteiger partial charge in [0.2, 0.25) is 0 Å². The van der Waals surface area contributed by atoms with Crippen LogP contribution >= 0.6 is 0 Å². The van der Waals surface area contributed by atoms with Crippen LogP contribution in [0.2, 0.25) is 0 Å². The topological polar surface area (TPSA) is 90.5 Å². The Morgan fingerprint density at radius 1 is 1.23 bits per heavy atom.